The average molecular weight is 529 g/mol. The van der Waals surface area contributed by atoms with E-state index >= 15 is 0 Å². The lowest BCUT2D eigenvalue weighted by atomic mass is 10.1. The van der Waals surface area contributed by atoms with Gasteiger partial charge in [0.15, 0.2) is 11.0 Å². The Kier molecular flexibility index (Phi) is 8.23. The Hall–Kier alpha value is -2.32. The van der Waals surface area contributed by atoms with E-state index in [0.29, 0.717) is 5.02 Å². The lowest BCUT2D eigenvalue weighted by Gasteiger charge is -2.16. The summed E-state index contributed by atoms with van der Waals surface area (Å²) in [7, 11) is 0. The number of halogens is 4. The van der Waals surface area contributed by atoms with Crippen LogP contribution in [0.25, 0.3) is 5.82 Å². The molecule has 1 aromatic carbocycles. The summed E-state index contributed by atoms with van der Waals surface area (Å²) in [6.07, 6.45) is 3.21. The molecule has 0 atom stereocenters. The molecule has 0 aliphatic heterocycles. The summed E-state index contributed by atoms with van der Waals surface area (Å²) < 4.78 is 1.26. The summed E-state index contributed by atoms with van der Waals surface area (Å²) in [5.41, 5.74) is 1.15. The number of nitrogens with one attached hydrogen (secondary N) is 2. The van der Waals surface area contributed by atoms with Gasteiger partial charge < -0.3 is 10.6 Å². The van der Waals surface area contributed by atoms with Crippen molar-refractivity contribution in [3.63, 3.8) is 0 Å². The van der Waals surface area contributed by atoms with Crippen LogP contribution >= 0.6 is 46.4 Å². The van der Waals surface area contributed by atoms with E-state index in [0.717, 1.165) is 18.4 Å². The van der Waals surface area contributed by atoms with Gasteiger partial charge in [0, 0.05) is 23.3 Å². The Labute approximate surface area is 211 Å². The molecular weight excluding hydrogens is 508 g/mol. The summed E-state index contributed by atoms with van der Waals surface area (Å²) in [5, 5.41) is 10.4. The second-order valence-corrected chi connectivity index (χ2v) is 9.12. The first-order valence-corrected chi connectivity index (χ1v) is 11.6. The number of amides is 2. The maximum atomic E-state index is 13.3. The van der Waals surface area contributed by atoms with Crippen LogP contribution < -0.4 is 10.6 Å². The van der Waals surface area contributed by atoms with E-state index in [1.54, 1.807) is 6.20 Å². The molecule has 3 rings (SSSR count). The molecule has 0 saturated heterocycles. The predicted molar refractivity (Wildman–Crippen MR) is 132 cm³/mol. The summed E-state index contributed by atoms with van der Waals surface area (Å²) in [6, 6.07) is 5.91. The van der Waals surface area contributed by atoms with Crippen molar-refractivity contribution in [1.82, 2.24) is 20.1 Å². The van der Waals surface area contributed by atoms with Gasteiger partial charge in [0.2, 0.25) is 0 Å². The number of aromatic nitrogens is 3. The molecule has 0 spiro atoms. The van der Waals surface area contributed by atoms with Crippen LogP contribution in [0.5, 0.6) is 0 Å². The molecule has 0 saturated carbocycles. The quantitative estimate of drug-likeness (QED) is 0.380. The van der Waals surface area contributed by atoms with E-state index in [1.165, 1.54) is 22.9 Å². The molecule has 33 heavy (non-hydrogen) atoms. The van der Waals surface area contributed by atoms with E-state index in [-0.39, 0.29) is 44.0 Å². The minimum atomic E-state index is -0.615. The number of carbonyl (C=O) groups excluding carboxylic acids is 2. The Balaban J connectivity index is 2.03. The van der Waals surface area contributed by atoms with Crippen molar-refractivity contribution in [2.24, 2.45) is 0 Å². The predicted octanol–water partition coefficient (Wildman–Crippen LogP) is 6.22. The fourth-order valence-electron chi connectivity index (χ4n) is 3.15. The summed E-state index contributed by atoms with van der Waals surface area (Å²) in [6.45, 7) is 5.65. The number of benzene rings is 1. The van der Waals surface area contributed by atoms with Gasteiger partial charge in [-0.1, -0.05) is 59.7 Å². The molecule has 0 radical (unpaired) electrons. The molecule has 3 aromatic rings. The van der Waals surface area contributed by atoms with Crippen LogP contribution in [0.1, 0.15) is 53.6 Å². The second-order valence-electron chi connectivity index (χ2n) is 7.51. The van der Waals surface area contributed by atoms with Gasteiger partial charge in [-0.05, 0) is 44.0 Å². The number of anilines is 1. The standard InChI is InChI=1S/C22H21Cl4N5O2/c1-4-5-12-6-7-27-20(18(12)26)31-16(10-17(25)30-31)22(33)29-19-14(21(32)28-11(2)3)8-13(23)9-15(19)24/h6-11H,4-5H2,1-3H3,(H,28,32)(H,29,33). The summed E-state index contributed by atoms with van der Waals surface area (Å²) >= 11 is 25.1. The summed E-state index contributed by atoms with van der Waals surface area (Å²) in [5.74, 6) is -0.788. The van der Waals surface area contributed by atoms with Crippen LogP contribution in [0.2, 0.25) is 20.2 Å². The number of nitrogens with zero attached hydrogens (tertiary/aromatic N) is 3. The van der Waals surface area contributed by atoms with Gasteiger partial charge in [-0.15, -0.1) is 0 Å². The second kappa shape index (κ2) is 10.7. The van der Waals surface area contributed by atoms with E-state index in [2.05, 4.69) is 20.7 Å². The molecule has 2 heterocycles. The highest BCUT2D eigenvalue weighted by Gasteiger charge is 2.24. The smallest absolute Gasteiger partial charge is 0.274 e. The zero-order chi connectivity index (χ0) is 24.3. The largest absolute Gasteiger partial charge is 0.350 e. The molecule has 0 bridgehead atoms. The molecule has 2 amide bonds. The average Bonchev–Trinajstić information content (AvgIpc) is 3.12. The third-order valence-electron chi connectivity index (χ3n) is 4.54. The van der Waals surface area contributed by atoms with E-state index in [9.17, 15) is 9.59 Å². The van der Waals surface area contributed by atoms with Crippen molar-refractivity contribution in [2.45, 2.75) is 39.7 Å². The highest BCUT2D eigenvalue weighted by Crippen LogP contribution is 2.32. The highest BCUT2D eigenvalue weighted by atomic mass is 35.5. The molecule has 0 fully saturated rings. The van der Waals surface area contributed by atoms with Gasteiger partial charge in [0.25, 0.3) is 11.8 Å². The van der Waals surface area contributed by atoms with Gasteiger partial charge in [-0.3, -0.25) is 9.59 Å². The molecule has 0 unspecified atom stereocenters. The lowest BCUT2D eigenvalue weighted by Crippen LogP contribution is -2.31. The maximum Gasteiger partial charge on any atom is 0.274 e. The zero-order valence-corrected chi connectivity index (χ0v) is 21.1. The summed E-state index contributed by atoms with van der Waals surface area (Å²) in [4.78, 5) is 30.2. The molecule has 174 valence electrons. The normalized spacial score (nSPS) is 11.0. The van der Waals surface area contributed by atoms with Gasteiger partial charge in [0.05, 0.1) is 21.3 Å². The fraction of sp³-hybridized carbons (Fsp3) is 0.273. The monoisotopic (exact) mass is 527 g/mol. The molecule has 7 nitrogen and oxygen atoms in total. The highest BCUT2D eigenvalue weighted by molar-refractivity contribution is 6.38. The third-order valence-corrected chi connectivity index (χ3v) is 5.65. The van der Waals surface area contributed by atoms with Crippen molar-refractivity contribution in [2.75, 3.05) is 5.32 Å². The molecule has 0 aliphatic rings. The van der Waals surface area contributed by atoms with Crippen LogP contribution in [0.3, 0.4) is 0 Å². The van der Waals surface area contributed by atoms with E-state index < -0.39 is 11.8 Å². The fourth-order valence-corrected chi connectivity index (χ4v) is 4.16. The minimum absolute atomic E-state index is 0.0595. The van der Waals surface area contributed by atoms with Gasteiger partial charge >= 0.3 is 0 Å². The first kappa shape index (κ1) is 25.3. The molecule has 2 N–H and O–H groups in total. The molecular formula is C22H21Cl4N5O2. The van der Waals surface area contributed by atoms with Crippen molar-refractivity contribution >= 4 is 63.9 Å². The van der Waals surface area contributed by atoms with Crippen LogP contribution in [0.15, 0.2) is 30.5 Å². The van der Waals surface area contributed by atoms with Crippen molar-refractivity contribution < 1.29 is 9.59 Å². The number of hydrogen-bond acceptors (Lipinski definition) is 4. The van der Waals surface area contributed by atoms with Crippen LogP contribution in [0, 0.1) is 0 Å². The van der Waals surface area contributed by atoms with Gasteiger partial charge in [-0.25, -0.2) is 9.67 Å². The van der Waals surface area contributed by atoms with E-state index in [4.69, 9.17) is 46.4 Å². The number of aryl methyl sites for hydroxylation is 1. The number of pyridine rings is 1. The van der Waals surface area contributed by atoms with Crippen molar-refractivity contribution in [3.8, 4) is 5.82 Å². The Morgan fingerprint density at radius 3 is 2.48 bits per heavy atom. The topological polar surface area (TPSA) is 88.9 Å². The SMILES string of the molecule is CCCc1ccnc(-n2nc(Cl)cc2C(=O)Nc2c(Cl)cc(Cl)cc2C(=O)NC(C)C)c1Cl. The third kappa shape index (κ3) is 5.79. The Morgan fingerprint density at radius 1 is 1.09 bits per heavy atom. The van der Waals surface area contributed by atoms with E-state index in [1.807, 2.05) is 26.8 Å². The lowest BCUT2D eigenvalue weighted by molar-refractivity contribution is 0.0944. The number of hydrogen-bond donors (Lipinski definition) is 2. The van der Waals surface area contributed by atoms with Crippen molar-refractivity contribution in [3.05, 3.63) is 67.5 Å². The maximum absolute atomic E-state index is 13.3. The molecule has 0 aliphatic carbocycles. The van der Waals surface area contributed by atoms with Crippen LogP contribution in [-0.2, 0) is 6.42 Å². The number of rotatable bonds is 7. The van der Waals surface area contributed by atoms with Gasteiger partial charge in [-0.2, -0.15) is 5.10 Å². The Bertz CT molecular complexity index is 1210. The first-order valence-electron chi connectivity index (χ1n) is 10.1. The first-order chi connectivity index (χ1) is 15.6. The molecule has 11 heteroatoms. The number of carbonyl (C=O) groups is 2. The molecule has 2 aromatic heterocycles. The Morgan fingerprint density at radius 2 is 1.82 bits per heavy atom. The van der Waals surface area contributed by atoms with Gasteiger partial charge in [0.1, 0.15) is 5.69 Å². The van der Waals surface area contributed by atoms with Crippen LogP contribution in [0.4, 0.5) is 5.69 Å². The zero-order valence-electron chi connectivity index (χ0n) is 18.0. The minimum Gasteiger partial charge on any atom is -0.350 e. The van der Waals surface area contributed by atoms with Crippen molar-refractivity contribution in [1.29, 1.82) is 0 Å². The van der Waals surface area contributed by atoms with Crippen LogP contribution in [-0.4, -0.2) is 32.6 Å².